The first kappa shape index (κ1) is 15.6. The Hall–Kier alpha value is -1.78. The van der Waals surface area contributed by atoms with E-state index < -0.39 is 11.9 Å². The molecule has 1 unspecified atom stereocenters. The van der Waals surface area contributed by atoms with Gasteiger partial charge >= 0.3 is 0 Å². The van der Waals surface area contributed by atoms with E-state index in [1.54, 1.807) is 18.2 Å². The van der Waals surface area contributed by atoms with Crippen LogP contribution < -0.4 is 15.2 Å². The molecule has 0 aromatic heterocycles. The minimum atomic E-state index is -0.481. The zero-order valence-electron chi connectivity index (χ0n) is 11.9. The summed E-state index contributed by atoms with van der Waals surface area (Å²) in [6.07, 6.45) is 0.504. The minimum absolute atomic E-state index is 0.345. The number of ether oxygens (including phenoxy) is 2. The summed E-state index contributed by atoms with van der Waals surface area (Å²) in [5.41, 5.74) is 7.49. The molecule has 0 heterocycles. The summed E-state index contributed by atoms with van der Waals surface area (Å²) in [6.45, 7) is 0. The monoisotopic (exact) mass is 309 g/mol. The molecule has 0 spiro atoms. The van der Waals surface area contributed by atoms with Gasteiger partial charge in [-0.3, -0.25) is 0 Å². The Labute approximate surface area is 128 Å². The molecule has 5 heteroatoms. The highest BCUT2D eigenvalue weighted by Crippen LogP contribution is 2.32. The third-order valence-electron chi connectivity index (χ3n) is 3.27. The van der Waals surface area contributed by atoms with Gasteiger partial charge in [0.2, 0.25) is 0 Å². The summed E-state index contributed by atoms with van der Waals surface area (Å²) in [6, 6.07) is 9.71. The van der Waals surface area contributed by atoms with Gasteiger partial charge < -0.3 is 15.2 Å². The topological polar surface area (TPSA) is 44.5 Å². The van der Waals surface area contributed by atoms with Gasteiger partial charge in [0.05, 0.1) is 14.2 Å². The van der Waals surface area contributed by atoms with E-state index in [4.69, 9.17) is 26.8 Å². The summed E-state index contributed by atoms with van der Waals surface area (Å²) in [5, 5.41) is 0.657. The molecule has 3 nitrogen and oxygen atoms in total. The summed E-state index contributed by atoms with van der Waals surface area (Å²) < 4.78 is 24.4. The van der Waals surface area contributed by atoms with Gasteiger partial charge in [-0.15, -0.1) is 0 Å². The summed E-state index contributed by atoms with van der Waals surface area (Å²) in [5.74, 6) is 0.395. The lowest BCUT2D eigenvalue weighted by Gasteiger charge is -2.16. The number of nitrogens with two attached hydrogens (primary N) is 1. The molecule has 0 bridgehead atoms. The molecule has 0 amide bonds. The van der Waals surface area contributed by atoms with Gasteiger partial charge in [-0.2, -0.15) is 0 Å². The van der Waals surface area contributed by atoms with Gasteiger partial charge in [-0.05, 0) is 30.2 Å². The predicted octanol–water partition coefficient (Wildman–Crippen LogP) is 3.74. The molecular weight excluding hydrogens is 293 g/mol. The van der Waals surface area contributed by atoms with Gasteiger partial charge in [-0.1, -0.05) is 23.7 Å². The molecule has 0 saturated heterocycles. The molecular formula is C16H17ClFNO2. The van der Waals surface area contributed by atoms with Crippen LogP contribution in [0.1, 0.15) is 17.2 Å². The first-order valence-electron chi connectivity index (χ1n) is 6.46. The Morgan fingerprint density at radius 1 is 1.10 bits per heavy atom. The maximum absolute atomic E-state index is 14.1. The van der Waals surface area contributed by atoms with E-state index in [9.17, 15) is 4.39 Å². The standard InChI is InChI=1S/C16H17ClFNO2/c1-20-15-8-12(13(18)9-16(15)21-2)14(19)7-10-3-5-11(17)6-4-10/h3-6,8-9,14H,7,19H2,1-2H3. The molecule has 0 radical (unpaired) electrons. The summed E-state index contributed by atoms with van der Waals surface area (Å²) in [4.78, 5) is 0. The van der Waals surface area contributed by atoms with E-state index in [1.807, 2.05) is 12.1 Å². The van der Waals surface area contributed by atoms with Gasteiger partial charge in [-0.25, -0.2) is 4.39 Å². The van der Waals surface area contributed by atoms with Crippen molar-refractivity contribution >= 4 is 11.6 Å². The molecule has 1 atom stereocenters. The van der Waals surface area contributed by atoms with E-state index in [2.05, 4.69) is 0 Å². The minimum Gasteiger partial charge on any atom is -0.493 e. The number of hydrogen-bond acceptors (Lipinski definition) is 3. The highest BCUT2D eigenvalue weighted by atomic mass is 35.5. The largest absolute Gasteiger partial charge is 0.493 e. The lowest BCUT2D eigenvalue weighted by atomic mass is 9.99. The fourth-order valence-corrected chi connectivity index (χ4v) is 2.26. The summed E-state index contributed by atoms with van der Waals surface area (Å²) >= 11 is 5.84. The quantitative estimate of drug-likeness (QED) is 0.915. The van der Waals surface area contributed by atoms with E-state index in [1.165, 1.54) is 20.3 Å². The Balaban J connectivity index is 2.26. The van der Waals surface area contributed by atoms with E-state index in [0.29, 0.717) is 28.5 Å². The van der Waals surface area contributed by atoms with Crippen molar-refractivity contribution in [3.05, 3.63) is 58.4 Å². The van der Waals surface area contributed by atoms with Crippen LogP contribution in [0.4, 0.5) is 4.39 Å². The van der Waals surface area contributed by atoms with Crippen LogP contribution in [0.5, 0.6) is 11.5 Å². The van der Waals surface area contributed by atoms with Crippen molar-refractivity contribution in [2.45, 2.75) is 12.5 Å². The average Bonchev–Trinajstić information content (AvgIpc) is 2.49. The van der Waals surface area contributed by atoms with Crippen molar-refractivity contribution in [1.82, 2.24) is 0 Å². The molecule has 0 aliphatic heterocycles. The molecule has 21 heavy (non-hydrogen) atoms. The molecule has 0 saturated carbocycles. The van der Waals surface area contributed by atoms with E-state index in [-0.39, 0.29) is 0 Å². The molecule has 2 aromatic carbocycles. The fourth-order valence-electron chi connectivity index (χ4n) is 2.14. The van der Waals surface area contributed by atoms with Crippen LogP contribution in [0.25, 0.3) is 0 Å². The second-order valence-corrected chi connectivity index (χ2v) is 5.10. The number of halogens is 2. The van der Waals surface area contributed by atoms with Crippen LogP contribution in [-0.4, -0.2) is 14.2 Å². The van der Waals surface area contributed by atoms with Gasteiger partial charge in [0, 0.05) is 22.7 Å². The number of rotatable bonds is 5. The van der Waals surface area contributed by atoms with Gasteiger partial charge in [0.15, 0.2) is 11.5 Å². The van der Waals surface area contributed by atoms with Crippen molar-refractivity contribution < 1.29 is 13.9 Å². The lowest BCUT2D eigenvalue weighted by Crippen LogP contribution is -2.15. The van der Waals surface area contributed by atoms with Crippen LogP contribution in [0.15, 0.2) is 36.4 Å². The van der Waals surface area contributed by atoms with Crippen LogP contribution in [0, 0.1) is 5.82 Å². The highest BCUT2D eigenvalue weighted by Gasteiger charge is 2.17. The van der Waals surface area contributed by atoms with Crippen molar-refractivity contribution in [2.75, 3.05) is 14.2 Å². The van der Waals surface area contributed by atoms with Crippen LogP contribution in [-0.2, 0) is 6.42 Å². The van der Waals surface area contributed by atoms with Gasteiger partial charge in [0.25, 0.3) is 0 Å². The SMILES string of the molecule is COc1cc(F)c(C(N)Cc2ccc(Cl)cc2)cc1OC. The summed E-state index contributed by atoms with van der Waals surface area (Å²) in [7, 11) is 2.97. The first-order valence-corrected chi connectivity index (χ1v) is 6.84. The predicted molar refractivity (Wildman–Crippen MR) is 81.6 cm³/mol. The van der Waals surface area contributed by atoms with Crippen molar-refractivity contribution in [1.29, 1.82) is 0 Å². The van der Waals surface area contributed by atoms with Crippen LogP contribution in [0.3, 0.4) is 0 Å². The molecule has 0 fully saturated rings. The van der Waals surface area contributed by atoms with Crippen LogP contribution >= 0.6 is 11.6 Å². The van der Waals surface area contributed by atoms with E-state index >= 15 is 0 Å². The molecule has 2 N–H and O–H groups in total. The second kappa shape index (κ2) is 6.78. The third-order valence-corrected chi connectivity index (χ3v) is 3.52. The fraction of sp³-hybridized carbons (Fsp3) is 0.250. The maximum Gasteiger partial charge on any atom is 0.163 e. The van der Waals surface area contributed by atoms with Gasteiger partial charge in [0.1, 0.15) is 5.82 Å². The molecule has 112 valence electrons. The maximum atomic E-state index is 14.1. The molecule has 0 aliphatic rings. The Kier molecular flexibility index (Phi) is 5.04. The van der Waals surface area contributed by atoms with Crippen LogP contribution in [0.2, 0.25) is 5.02 Å². The second-order valence-electron chi connectivity index (χ2n) is 4.67. The normalized spacial score (nSPS) is 12.0. The Morgan fingerprint density at radius 3 is 2.24 bits per heavy atom. The number of methoxy groups -OCH3 is 2. The molecule has 2 aromatic rings. The Bertz CT molecular complexity index is 616. The molecule has 2 rings (SSSR count). The number of benzene rings is 2. The van der Waals surface area contributed by atoms with Crippen molar-refractivity contribution in [2.24, 2.45) is 5.73 Å². The first-order chi connectivity index (χ1) is 10.0. The third kappa shape index (κ3) is 3.65. The lowest BCUT2D eigenvalue weighted by molar-refractivity contribution is 0.351. The smallest absolute Gasteiger partial charge is 0.163 e. The van der Waals surface area contributed by atoms with Crippen molar-refractivity contribution in [3.63, 3.8) is 0 Å². The Morgan fingerprint density at radius 2 is 1.67 bits per heavy atom. The zero-order valence-corrected chi connectivity index (χ0v) is 12.7. The molecule has 0 aliphatic carbocycles. The zero-order chi connectivity index (χ0) is 15.4. The average molecular weight is 310 g/mol. The highest BCUT2D eigenvalue weighted by molar-refractivity contribution is 6.30. The van der Waals surface area contributed by atoms with E-state index in [0.717, 1.165) is 5.56 Å². The number of hydrogen-bond donors (Lipinski definition) is 1. The van der Waals surface area contributed by atoms with Crippen molar-refractivity contribution in [3.8, 4) is 11.5 Å².